The van der Waals surface area contributed by atoms with Gasteiger partial charge in [0.25, 0.3) is 5.91 Å². The van der Waals surface area contributed by atoms with Crippen LogP contribution in [0.1, 0.15) is 24.2 Å². The fraction of sp³-hybridized carbons (Fsp3) is 0.385. The van der Waals surface area contributed by atoms with Crippen LogP contribution in [0.4, 0.5) is 0 Å². The summed E-state index contributed by atoms with van der Waals surface area (Å²) >= 11 is 5.89. The summed E-state index contributed by atoms with van der Waals surface area (Å²) in [5.74, 6) is -1.96. The number of aliphatic carboxylic acids is 1. The second-order valence-corrected chi connectivity index (χ2v) is 6.65. The van der Waals surface area contributed by atoms with Gasteiger partial charge >= 0.3 is 5.97 Å². The molecule has 0 saturated heterocycles. The Morgan fingerprint density at radius 2 is 1.86 bits per heavy atom. The van der Waals surface area contributed by atoms with Crippen LogP contribution >= 0.6 is 11.6 Å². The molecule has 1 amide bonds. The Bertz CT molecular complexity index is 671. The number of hydrogen-bond donors (Lipinski definition) is 2. The van der Waals surface area contributed by atoms with Gasteiger partial charge in [0.2, 0.25) is 10.0 Å². The van der Waals surface area contributed by atoms with Gasteiger partial charge in [-0.2, -0.15) is 4.31 Å². The SMILES string of the molecule is CCN(CC)S(=O)(=O)c1ccc(Cl)c(C(=O)NCC(=O)O)c1. The Labute approximate surface area is 133 Å². The van der Waals surface area contributed by atoms with E-state index in [2.05, 4.69) is 5.32 Å². The highest BCUT2D eigenvalue weighted by Gasteiger charge is 2.23. The summed E-state index contributed by atoms with van der Waals surface area (Å²) in [6, 6.07) is 3.75. The maximum Gasteiger partial charge on any atom is 0.322 e. The van der Waals surface area contributed by atoms with Gasteiger partial charge in [-0.25, -0.2) is 8.42 Å². The van der Waals surface area contributed by atoms with Gasteiger partial charge < -0.3 is 10.4 Å². The number of amides is 1. The van der Waals surface area contributed by atoms with Crippen LogP contribution < -0.4 is 5.32 Å². The lowest BCUT2D eigenvalue weighted by Crippen LogP contribution is -2.32. The van der Waals surface area contributed by atoms with E-state index in [1.165, 1.54) is 16.4 Å². The quantitative estimate of drug-likeness (QED) is 0.770. The zero-order valence-electron chi connectivity index (χ0n) is 12.2. The average molecular weight is 349 g/mol. The molecule has 0 heterocycles. The molecular formula is C13H17ClN2O5S. The van der Waals surface area contributed by atoms with Crippen molar-refractivity contribution in [2.75, 3.05) is 19.6 Å². The smallest absolute Gasteiger partial charge is 0.322 e. The number of carbonyl (C=O) groups excluding carboxylic acids is 1. The van der Waals surface area contributed by atoms with Gasteiger partial charge in [0.1, 0.15) is 6.54 Å². The van der Waals surface area contributed by atoms with Crippen molar-refractivity contribution < 1.29 is 23.1 Å². The van der Waals surface area contributed by atoms with Gasteiger partial charge in [0.15, 0.2) is 0 Å². The summed E-state index contributed by atoms with van der Waals surface area (Å²) in [4.78, 5) is 22.3. The van der Waals surface area contributed by atoms with Gasteiger partial charge in [-0.05, 0) is 18.2 Å². The summed E-state index contributed by atoms with van der Waals surface area (Å²) in [6.07, 6.45) is 0. The molecule has 9 heteroatoms. The first kappa shape index (κ1) is 18.4. The van der Waals surface area contributed by atoms with Crippen molar-refractivity contribution >= 4 is 33.5 Å². The van der Waals surface area contributed by atoms with Gasteiger partial charge in [0, 0.05) is 13.1 Å². The number of nitrogens with one attached hydrogen (secondary N) is 1. The maximum absolute atomic E-state index is 12.4. The first-order valence-electron chi connectivity index (χ1n) is 6.53. The van der Waals surface area contributed by atoms with Crippen LogP contribution in [-0.4, -0.2) is 49.3 Å². The summed E-state index contributed by atoms with van der Waals surface area (Å²) in [5, 5.41) is 10.7. The third-order valence-corrected chi connectivity index (χ3v) is 5.30. The first-order valence-corrected chi connectivity index (χ1v) is 8.35. The largest absolute Gasteiger partial charge is 0.480 e. The Kier molecular flexibility index (Phi) is 6.34. The number of rotatable bonds is 7. The summed E-state index contributed by atoms with van der Waals surface area (Å²) < 4.78 is 26.1. The number of benzene rings is 1. The van der Waals surface area contributed by atoms with Crippen LogP contribution in [0.2, 0.25) is 5.02 Å². The van der Waals surface area contributed by atoms with Crippen molar-refractivity contribution in [3.63, 3.8) is 0 Å². The second-order valence-electron chi connectivity index (χ2n) is 4.31. The molecule has 0 aromatic heterocycles. The van der Waals surface area contributed by atoms with E-state index in [-0.39, 0.29) is 15.5 Å². The molecule has 1 aromatic rings. The van der Waals surface area contributed by atoms with Crippen LogP contribution in [-0.2, 0) is 14.8 Å². The van der Waals surface area contributed by atoms with Crippen LogP contribution in [0.25, 0.3) is 0 Å². The van der Waals surface area contributed by atoms with E-state index in [1.807, 2.05) is 0 Å². The monoisotopic (exact) mass is 348 g/mol. The lowest BCUT2D eigenvalue weighted by Gasteiger charge is -2.19. The molecule has 2 N–H and O–H groups in total. The van der Waals surface area contributed by atoms with E-state index in [0.29, 0.717) is 13.1 Å². The number of hydrogen-bond acceptors (Lipinski definition) is 4. The number of sulfonamides is 1. The zero-order valence-corrected chi connectivity index (χ0v) is 13.7. The topological polar surface area (TPSA) is 104 Å². The van der Waals surface area contributed by atoms with E-state index >= 15 is 0 Å². The van der Waals surface area contributed by atoms with Crippen LogP contribution in [0.5, 0.6) is 0 Å². The predicted octanol–water partition coefficient (Wildman–Crippen LogP) is 1.18. The van der Waals surface area contributed by atoms with E-state index in [4.69, 9.17) is 16.7 Å². The summed E-state index contributed by atoms with van der Waals surface area (Å²) in [6.45, 7) is 3.42. The van der Waals surface area contributed by atoms with Crippen molar-refractivity contribution in [1.82, 2.24) is 9.62 Å². The molecule has 0 aliphatic rings. The molecule has 0 fully saturated rings. The van der Waals surface area contributed by atoms with Crippen molar-refractivity contribution in [2.24, 2.45) is 0 Å². The molecule has 22 heavy (non-hydrogen) atoms. The Balaban J connectivity index is 3.19. The Morgan fingerprint density at radius 1 is 1.27 bits per heavy atom. The van der Waals surface area contributed by atoms with E-state index in [0.717, 1.165) is 6.07 Å². The van der Waals surface area contributed by atoms with E-state index < -0.39 is 28.4 Å². The highest BCUT2D eigenvalue weighted by molar-refractivity contribution is 7.89. The molecular weight excluding hydrogens is 332 g/mol. The van der Waals surface area contributed by atoms with Gasteiger partial charge in [-0.1, -0.05) is 25.4 Å². The minimum absolute atomic E-state index is 0.0429. The standard InChI is InChI=1S/C13H17ClN2O5S/c1-3-16(4-2)22(20,21)9-5-6-11(14)10(7-9)13(19)15-8-12(17)18/h5-7H,3-4,8H2,1-2H3,(H,15,19)(H,17,18). The van der Waals surface area contributed by atoms with Crippen LogP contribution in [0.15, 0.2) is 23.1 Å². The van der Waals surface area contributed by atoms with Crippen LogP contribution in [0, 0.1) is 0 Å². The molecule has 122 valence electrons. The number of carboxylic acids is 1. The maximum atomic E-state index is 12.4. The number of halogens is 1. The van der Waals surface area contributed by atoms with Crippen LogP contribution in [0.3, 0.4) is 0 Å². The highest BCUT2D eigenvalue weighted by atomic mass is 35.5. The van der Waals surface area contributed by atoms with Crippen molar-refractivity contribution in [2.45, 2.75) is 18.7 Å². The van der Waals surface area contributed by atoms with Gasteiger partial charge in [-0.3, -0.25) is 9.59 Å². The second kappa shape index (κ2) is 7.57. The van der Waals surface area contributed by atoms with E-state index in [1.54, 1.807) is 13.8 Å². The number of carbonyl (C=O) groups is 2. The van der Waals surface area contributed by atoms with Crippen molar-refractivity contribution in [1.29, 1.82) is 0 Å². The minimum Gasteiger partial charge on any atom is -0.480 e. The molecule has 0 aliphatic carbocycles. The van der Waals surface area contributed by atoms with Crippen molar-refractivity contribution in [3.8, 4) is 0 Å². The average Bonchev–Trinajstić information content (AvgIpc) is 2.45. The molecule has 0 saturated carbocycles. The molecule has 1 aromatic carbocycles. The summed E-state index contributed by atoms with van der Waals surface area (Å²) in [5.41, 5.74) is -0.0869. The lowest BCUT2D eigenvalue weighted by atomic mass is 10.2. The Hall–Kier alpha value is -1.64. The summed E-state index contributed by atoms with van der Waals surface area (Å²) in [7, 11) is -3.73. The first-order chi connectivity index (χ1) is 10.2. The molecule has 7 nitrogen and oxygen atoms in total. The normalized spacial score (nSPS) is 11.5. The molecule has 0 spiro atoms. The molecule has 0 bridgehead atoms. The molecule has 0 atom stereocenters. The predicted molar refractivity (Wildman–Crippen MR) is 81.5 cm³/mol. The molecule has 0 radical (unpaired) electrons. The molecule has 1 rings (SSSR count). The number of nitrogens with zero attached hydrogens (tertiary/aromatic N) is 1. The van der Waals surface area contributed by atoms with Crippen molar-refractivity contribution in [3.05, 3.63) is 28.8 Å². The zero-order chi connectivity index (χ0) is 16.9. The lowest BCUT2D eigenvalue weighted by molar-refractivity contribution is -0.135. The highest BCUT2D eigenvalue weighted by Crippen LogP contribution is 2.23. The molecule has 0 aliphatic heterocycles. The van der Waals surface area contributed by atoms with Gasteiger partial charge in [0.05, 0.1) is 15.5 Å². The minimum atomic E-state index is -3.73. The Morgan fingerprint density at radius 3 is 2.36 bits per heavy atom. The third kappa shape index (κ3) is 4.19. The third-order valence-electron chi connectivity index (χ3n) is 2.93. The fourth-order valence-electron chi connectivity index (χ4n) is 1.80. The molecule has 0 unspecified atom stereocenters. The number of carboxylic acid groups (broad SMARTS) is 1. The fourth-order valence-corrected chi connectivity index (χ4v) is 3.49. The van der Waals surface area contributed by atoms with Gasteiger partial charge in [-0.15, -0.1) is 0 Å². The van der Waals surface area contributed by atoms with E-state index in [9.17, 15) is 18.0 Å².